The highest BCUT2D eigenvalue weighted by Gasteiger charge is 2.08. The molecular formula is C24H18FN3O2. The van der Waals surface area contributed by atoms with Crippen LogP contribution in [0.15, 0.2) is 85.1 Å². The van der Waals surface area contributed by atoms with Gasteiger partial charge in [-0.25, -0.2) is 9.37 Å². The topological polar surface area (TPSA) is 64.1 Å². The molecule has 0 spiro atoms. The molecule has 148 valence electrons. The molecule has 0 aliphatic rings. The number of aromatic nitrogens is 2. The second-order valence-corrected chi connectivity index (χ2v) is 6.67. The lowest BCUT2D eigenvalue weighted by Crippen LogP contribution is -2.11. The predicted octanol–water partition coefficient (Wildman–Crippen LogP) is 5.64. The molecule has 6 heteroatoms. The Morgan fingerprint density at radius 3 is 2.30 bits per heavy atom. The monoisotopic (exact) mass is 399 g/mol. The van der Waals surface area contributed by atoms with Gasteiger partial charge in [0.2, 0.25) is 5.88 Å². The zero-order valence-electron chi connectivity index (χ0n) is 16.2. The standard InChI is InChI=1S/C24H18FN3O2/c1-16-2-4-17(5-3-16)23-26-15-14-22(28-23)30-21-12-6-18(7-13-21)24(29)27-20-10-8-19(25)9-11-20/h2-15H,1H3,(H,27,29). The highest BCUT2D eigenvalue weighted by Crippen LogP contribution is 2.23. The number of halogens is 1. The van der Waals surface area contributed by atoms with Crippen molar-refractivity contribution < 1.29 is 13.9 Å². The lowest BCUT2D eigenvalue weighted by atomic mass is 10.1. The van der Waals surface area contributed by atoms with Gasteiger partial charge in [-0.2, -0.15) is 4.98 Å². The fraction of sp³-hybridized carbons (Fsp3) is 0.0417. The first-order valence-corrected chi connectivity index (χ1v) is 9.32. The third kappa shape index (κ3) is 4.67. The Kier molecular flexibility index (Phi) is 5.48. The van der Waals surface area contributed by atoms with Crippen LogP contribution in [-0.2, 0) is 0 Å². The van der Waals surface area contributed by atoms with Gasteiger partial charge in [0.25, 0.3) is 5.91 Å². The maximum atomic E-state index is 13.0. The molecule has 0 fully saturated rings. The molecule has 1 N–H and O–H groups in total. The number of ether oxygens (including phenoxy) is 1. The molecule has 0 saturated carbocycles. The number of benzene rings is 3. The van der Waals surface area contributed by atoms with Crippen molar-refractivity contribution in [2.45, 2.75) is 6.92 Å². The highest BCUT2D eigenvalue weighted by atomic mass is 19.1. The number of hydrogen-bond acceptors (Lipinski definition) is 4. The number of nitrogens with one attached hydrogen (secondary N) is 1. The number of hydrogen-bond donors (Lipinski definition) is 1. The van der Waals surface area contributed by atoms with Gasteiger partial charge >= 0.3 is 0 Å². The second kappa shape index (κ2) is 8.53. The van der Waals surface area contributed by atoms with Crippen molar-refractivity contribution in [1.29, 1.82) is 0 Å². The minimum atomic E-state index is -0.357. The summed E-state index contributed by atoms with van der Waals surface area (Å²) in [5, 5.41) is 2.72. The van der Waals surface area contributed by atoms with E-state index in [2.05, 4.69) is 15.3 Å². The Morgan fingerprint density at radius 1 is 0.900 bits per heavy atom. The Labute approximate surface area is 173 Å². The molecule has 1 amide bonds. The number of carbonyl (C=O) groups excluding carboxylic acids is 1. The van der Waals surface area contributed by atoms with Crippen molar-refractivity contribution in [3.63, 3.8) is 0 Å². The Balaban J connectivity index is 1.44. The summed E-state index contributed by atoms with van der Waals surface area (Å²) >= 11 is 0. The summed E-state index contributed by atoms with van der Waals surface area (Å²) in [7, 11) is 0. The highest BCUT2D eigenvalue weighted by molar-refractivity contribution is 6.04. The SMILES string of the molecule is Cc1ccc(-c2nccc(Oc3ccc(C(=O)Nc4ccc(F)cc4)cc3)n2)cc1. The maximum absolute atomic E-state index is 13.0. The van der Waals surface area contributed by atoms with Gasteiger partial charge in [-0.05, 0) is 55.5 Å². The molecule has 1 heterocycles. The lowest BCUT2D eigenvalue weighted by molar-refractivity contribution is 0.102. The fourth-order valence-corrected chi connectivity index (χ4v) is 2.77. The zero-order valence-corrected chi connectivity index (χ0v) is 16.2. The number of carbonyl (C=O) groups is 1. The molecule has 1 aromatic heterocycles. The van der Waals surface area contributed by atoms with Crippen LogP contribution in [0.25, 0.3) is 11.4 Å². The molecule has 0 aliphatic heterocycles. The zero-order chi connectivity index (χ0) is 20.9. The van der Waals surface area contributed by atoms with E-state index < -0.39 is 0 Å². The summed E-state index contributed by atoms with van der Waals surface area (Å²) in [4.78, 5) is 21.1. The van der Waals surface area contributed by atoms with Crippen LogP contribution in [0.3, 0.4) is 0 Å². The van der Waals surface area contributed by atoms with E-state index in [1.165, 1.54) is 24.3 Å². The largest absolute Gasteiger partial charge is 0.439 e. The maximum Gasteiger partial charge on any atom is 0.255 e. The molecular weight excluding hydrogens is 381 g/mol. The van der Waals surface area contributed by atoms with E-state index in [0.29, 0.717) is 28.7 Å². The summed E-state index contributed by atoms with van der Waals surface area (Å²) in [5.74, 6) is 0.871. The van der Waals surface area contributed by atoms with Gasteiger partial charge in [-0.15, -0.1) is 0 Å². The van der Waals surface area contributed by atoms with Crippen LogP contribution in [0, 0.1) is 12.7 Å². The number of anilines is 1. The van der Waals surface area contributed by atoms with Crippen LogP contribution in [0.5, 0.6) is 11.6 Å². The minimum Gasteiger partial charge on any atom is -0.439 e. The Hall–Kier alpha value is -4.06. The minimum absolute atomic E-state index is 0.295. The third-order valence-electron chi connectivity index (χ3n) is 4.38. The predicted molar refractivity (Wildman–Crippen MR) is 113 cm³/mol. The number of amides is 1. The average molecular weight is 399 g/mol. The summed E-state index contributed by atoms with van der Waals surface area (Å²) in [5.41, 5.74) is 3.04. The smallest absolute Gasteiger partial charge is 0.255 e. The van der Waals surface area contributed by atoms with Gasteiger partial charge in [-0.1, -0.05) is 29.8 Å². The molecule has 0 saturated heterocycles. The summed E-state index contributed by atoms with van der Waals surface area (Å²) < 4.78 is 18.8. The molecule has 0 aliphatic carbocycles. The number of rotatable bonds is 5. The fourth-order valence-electron chi connectivity index (χ4n) is 2.77. The quantitative estimate of drug-likeness (QED) is 0.472. The number of nitrogens with zero attached hydrogens (tertiary/aromatic N) is 2. The third-order valence-corrected chi connectivity index (χ3v) is 4.38. The summed E-state index contributed by atoms with van der Waals surface area (Å²) in [6, 6.07) is 21.9. The summed E-state index contributed by atoms with van der Waals surface area (Å²) in [6.07, 6.45) is 1.64. The first-order chi connectivity index (χ1) is 14.6. The molecule has 3 aromatic carbocycles. The Bertz CT molecular complexity index is 1160. The van der Waals surface area contributed by atoms with E-state index in [1.807, 2.05) is 31.2 Å². The molecule has 0 bridgehead atoms. The van der Waals surface area contributed by atoms with Crippen LogP contribution < -0.4 is 10.1 Å². The molecule has 0 atom stereocenters. The first kappa shape index (κ1) is 19.3. The van der Waals surface area contributed by atoms with E-state index in [4.69, 9.17) is 4.74 Å². The van der Waals surface area contributed by atoms with Crippen molar-refractivity contribution in [3.8, 4) is 23.0 Å². The van der Waals surface area contributed by atoms with Gasteiger partial charge in [0.15, 0.2) is 5.82 Å². The van der Waals surface area contributed by atoms with Crippen molar-refractivity contribution >= 4 is 11.6 Å². The van der Waals surface area contributed by atoms with Crippen molar-refractivity contribution in [1.82, 2.24) is 9.97 Å². The molecule has 5 nitrogen and oxygen atoms in total. The van der Waals surface area contributed by atoms with E-state index in [-0.39, 0.29) is 11.7 Å². The molecule has 4 rings (SSSR count). The van der Waals surface area contributed by atoms with E-state index >= 15 is 0 Å². The molecule has 30 heavy (non-hydrogen) atoms. The van der Waals surface area contributed by atoms with E-state index in [1.54, 1.807) is 36.5 Å². The molecule has 0 unspecified atom stereocenters. The van der Waals surface area contributed by atoms with Gasteiger partial charge < -0.3 is 10.1 Å². The van der Waals surface area contributed by atoms with Crippen molar-refractivity contribution in [2.75, 3.05) is 5.32 Å². The van der Waals surface area contributed by atoms with Gasteiger partial charge in [0.1, 0.15) is 11.6 Å². The van der Waals surface area contributed by atoms with Crippen LogP contribution in [-0.4, -0.2) is 15.9 Å². The summed E-state index contributed by atoms with van der Waals surface area (Å²) in [6.45, 7) is 2.02. The van der Waals surface area contributed by atoms with Crippen LogP contribution in [0.4, 0.5) is 10.1 Å². The first-order valence-electron chi connectivity index (χ1n) is 9.32. The van der Waals surface area contributed by atoms with Crippen LogP contribution >= 0.6 is 0 Å². The van der Waals surface area contributed by atoms with Gasteiger partial charge in [0.05, 0.1) is 0 Å². The number of aryl methyl sites for hydroxylation is 1. The molecule has 0 radical (unpaired) electrons. The second-order valence-electron chi connectivity index (χ2n) is 6.67. The van der Waals surface area contributed by atoms with Crippen molar-refractivity contribution in [3.05, 3.63) is 102 Å². The van der Waals surface area contributed by atoms with E-state index in [9.17, 15) is 9.18 Å². The normalized spacial score (nSPS) is 10.5. The average Bonchev–Trinajstić information content (AvgIpc) is 2.76. The van der Waals surface area contributed by atoms with Crippen molar-refractivity contribution in [2.24, 2.45) is 0 Å². The van der Waals surface area contributed by atoms with Crippen LogP contribution in [0.2, 0.25) is 0 Å². The van der Waals surface area contributed by atoms with Crippen LogP contribution in [0.1, 0.15) is 15.9 Å². The lowest BCUT2D eigenvalue weighted by Gasteiger charge is -2.08. The molecule has 4 aromatic rings. The van der Waals surface area contributed by atoms with Gasteiger partial charge in [0, 0.05) is 29.1 Å². The van der Waals surface area contributed by atoms with E-state index in [0.717, 1.165) is 11.1 Å². The van der Waals surface area contributed by atoms with Gasteiger partial charge in [-0.3, -0.25) is 4.79 Å². The Morgan fingerprint density at radius 2 is 1.60 bits per heavy atom.